The van der Waals surface area contributed by atoms with Gasteiger partial charge in [-0.05, 0) is 61.6 Å². The molecule has 3 rings (SSSR count). The van der Waals surface area contributed by atoms with E-state index >= 15 is 0 Å². The summed E-state index contributed by atoms with van der Waals surface area (Å²) in [7, 11) is 0. The van der Waals surface area contributed by atoms with Crippen molar-refractivity contribution in [2.75, 3.05) is 17.7 Å². The van der Waals surface area contributed by atoms with Crippen LogP contribution < -0.4 is 10.1 Å². The standard InChI is InChI=1S/C22H24N2O2S2/c1-4-26-18-10-8-17(9-11-18)21-15(3)28-22(24-21)23-20(25)14-16-6-12-19(13-7-16)27-5-2/h6-13H,4-5,14H2,1-3H3,(H,23,24,25). The number of aromatic nitrogens is 1. The summed E-state index contributed by atoms with van der Waals surface area (Å²) in [6.07, 6.45) is 0.341. The molecule has 0 fully saturated rings. The van der Waals surface area contributed by atoms with E-state index in [-0.39, 0.29) is 5.91 Å². The van der Waals surface area contributed by atoms with Crippen LogP contribution in [0.1, 0.15) is 24.3 Å². The van der Waals surface area contributed by atoms with Crippen LogP contribution in [0.25, 0.3) is 11.3 Å². The molecule has 0 saturated carbocycles. The highest BCUT2D eigenvalue weighted by Gasteiger charge is 2.13. The number of hydrogen-bond donors (Lipinski definition) is 1. The number of nitrogens with zero attached hydrogens (tertiary/aromatic N) is 1. The molecule has 2 aromatic carbocycles. The van der Waals surface area contributed by atoms with Gasteiger partial charge in [0.05, 0.1) is 18.7 Å². The number of nitrogens with one attached hydrogen (secondary N) is 1. The number of rotatable bonds is 8. The lowest BCUT2D eigenvalue weighted by Gasteiger charge is -2.04. The number of thiazole rings is 1. The topological polar surface area (TPSA) is 51.2 Å². The second-order valence-corrected chi connectivity index (χ2v) is 8.72. The number of anilines is 1. The van der Waals surface area contributed by atoms with Gasteiger partial charge in [-0.15, -0.1) is 23.1 Å². The molecule has 0 atom stereocenters. The predicted molar refractivity (Wildman–Crippen MR) is 119 cm³/mol. The molecule has 0 spiro atoms. The second-order valence-electron chi connectivity index (χ2n) is 6.18. The van der Waals surface area contributed by atoms with Crippen molar-refractivity contribution >= 4 is 34.1 Å². The molecule has 146 valence electrons. The normalized spacial score (nSPS) is 10.7. The van der Waals surface area contributed by atoms with Gasteiger partial charge in [0, 0.05) is 15.3 Å². The van der Waals surface area contributed by atoms with Gasteiger partial charge in [-0.1, -0.05) is 19.1 Å². The Balaban J connectivity index is 1.64. The zero-order valence-corrected chi connectivity index (χ0v) is 18.0. The van der Waals surface area contributed by atoms with E-state index in [0.717, 1.165) is 33.2 Å². The largest absolute Gasteiger partial charge is 0.494 e. The molecule has 3 aromatic rings. The molecule has 1 amide bonds. The number of hydrogen-bond acceptors (Lipinski definition) is 5. The smallest absolute Gasteiger partial charge is 0.230 e. The summed E-state index contributed by atoms with van der Waals surface area (Å²) in [6, 6.07) is 16.0. The zero-order valence-electron chi connectivity index (χ0n) is 16.3. The van der Waals surface area contributed by atoms with Crippen molar-refractivity contribution < 1.29 is 9.53 Å². The van der Waals surface area contributed by atoms with E-state index in [1.807, 2.05) is 50.2 Å². The van der Waals surface area contributed by atoms with Crippen molar-refractivity contribution in [2.45, 2.75) is 32.1 Å². The zero-order chi connectivity index (χ0) is 19.9. The molecule has 0 unspecified atom stereocenters. The molecule has 1 heterocycles. The molecule has 4 nitrogen and oxygen atoms in total. The minimum Gasteiger partial charge on any atom is -0.494 e. The number of benzene rings is 2. The first-order chi connectivity index (χ1) is 13.6. The van der Waals surface area contributed by atoms with Crippen LogP contribution in [0.5, 0.6) is 5.75 Å². The first-order valence-corrected chi connectivity index (χ1v) is 11.1. The first kappa shape index (κ1) is 20.4. The summed E-state index contributed by atoms with van der Waals surface area (Å²) in [5.41, 5.74) is 2.91. The summed E-state index contributed by atoms with van der Waals surface area (Å²) < 4.78 is 5.49. The van der Waals surface area contributed by atoms with E-state index in [0.29, 0.717) is 18.2 Å². The Morgan fingerprint density at radius 1 is 1.11 bits per heavy atom. The van der Waals surface area contributed by atoms with Gasteiger partial charge in [-0.25, -0.2) is 4.98 Å². The van der Waals surface area contributed by atoms with E-state index < -0.39 is 0 Å². The molecule has 6 heteroatoms. The van der Waals surface area contributed by atoms with Crippen LogP contribution in [0.3, 0.4) is 0 Å². The fourth-order valence-electron chi connectivity index (χ4n) is 2.81. The fraction of sp³-hybridized carbons (Fsp3) is 0.273. The third-order valence-corrected chi connectivity index (χ3v) is 5.86. The van der Waals surface area contributed by atoms with Crippen LogP contribution in [-0.2, 0) is 11.2 Å². The van der Waals surface area contributed by atoms with Crippen molar-refractivity contribution in [2.24, 2.45) is 0 Å². The molecule has 28 heavy (non-hydrogen) atoms. The predicted octanol–water partition coefficient (Wildman–Crippen LogP) is 5.81. The Bertz CT molecular complexity index is 919. The van der Waals surface area contributed by atoms with Gasteiger partial charge >= 0.3 is 0 Å². The minimum atomic E-state index is -0.0529. The quantitative estimate of drug-likeness (QED) is 0.474. The van der Waals surface area contributed by atoms with Gasteiger partial charge in [-0.3, -0.25) is 4.79 Å². The van der Waals surface area contributed by atoms with E-state index in [9.17, 15) is 4.79 Å². The van der Waals surface area contributed by atoms with Crippen LogP contribution in [-0.4, -0.2) is 23.3 Å². The SMILES string of the molecule is CCOc1ccc(-c2nc(NC(=O)Cc3ccc(SCC)cc3)sc2C)cc1. The Kier molecular flexibility index (Phi) is 7.12. The van der Waals surface area contributed by atoms with Crippen LogP contribution in [0, 0.1) is 6.92 Å². The highest BCUT2D eigenvalue weighted by Crippen LogP contribution is 2.31. The van der Waals surface area contributed by atoms with Crippen LogP contribution in [0.4, 0.5) is 5.13 Å². The van der Waals surface area contributed by atoms with E-state index in [1.165, 1.54) is 16.2 Å². The number of carbonyl (C=O) groups excluding carboxylic acids is 1. The number of aryl methyl sites for hydroxylation is 1. The Labute approximate surface area is 174 Å². The molecule has 0 aliphatic rings. The van der Waals surface area contributed by atoms with E-state index in [2.05, 4.69) is 29.4 Å². The highest BCUT2D eigenvalue weighted by atomic mass is 32.2. The number of thioether (sulfide) groups is 1. The summed E-state index contributed by atoms with van der Waals surface area (Å²) >= 11 is 3.29. The van der Waals surface area contributed by atoms with Crippen molar-refractivity contribution in [3.8, 4) is 17.0 Å². The summed E-state index contributed by atoms with van der Waals surface area (Å²) in [6.45, 7) is 6.75. The average Bonchev–Trinajstić information content (AvgIpc) is 3.04. The Morgan fingerprint density at radius 3 is 2.46 bits per heavy atom. The molecule has 0 aliphatic carbocycles. The van der Waals surface area contributed by atoms with Gasteiger partial charge in [0.2, 0.25) is 5.91 Å². The third kappa shape index (κ3) is 5.36. The Morgan fingerprint density at radius 2 is 1.82 bits per heavy atom. The van der Waals surface area contributed by atoms with Crippen molar-refractivity contribution in [3.05, 3.63) is 59.0 Å². The highest BCUT2D eigenvalue weighted by molar-refractivity contribution is 7.99. The Hall–Kier alpha value is -2.31. The number of amides is 1. The molecule has 0 radical (unpaired) electrons. The lowest BCUT2D eigenvalue weighted by Crippen LogP contribution is -2.14. The van der Waals surface area contributed by atoms with E-state index in [1.54, 1.807) is 11.8 Å². The summed E-state index contributed by atoms with van der Waals surface area (Å²) in [5, 5.41) is 3.56. The molecule has 1 aromatic heterocycles. The average molecular weight is 413 g/mol. The molecule has 1 N–H and O–H groups in total. The fourth-order valence-corrected chi connectivity index (χ4v) is 4.33. The van der Waals surface area contributed by atoms with Crippen LogP contribution >= 0.6 is 23.1 Å². The van der Waals surface area contributed by atoms with Gasteiger partial charge in [0.25, 0.3) is 0 Å². The molecule has 0 aliphatic heterocycles. The van der Waals surface area contributed by atoms with Crippen molar-refractivity contribution in [1.82, 2.24) is 4.98 Å². The lowest BCUT2D eigenvalue weighted by molar-refractivity contribution is -0.115. The number of carbonyl (C=O) groups is 1. The van der Waals surface area contributed by atoms with Gasteiger partial charge in [-0.2, -0.15) is 0 Å². The first-order valence-electron chi connectivity index (χ1n) is 9.31. The van der Waals surface area contributed by atoms with Gasteiger partial charge in [0.15, 0.2) is 5.13 Å². The summed E-state index contributed by atoms with van der Waals surface area (Å²) in [5.74, 6) is 1.83. The second kappa shape index (κ2) is 9.75. The van der Waals surface area contributed by atoms with Gasteiger partial charge < -0.3 is 10.1 Å². The maximum absolute atomic E-state index is 12.4. The molecule has 0 bridgehead atoms. The number of ether oxygens (including phenoxy) is 1. The van der Waals surface area contributed by atoms with E-state index in [4.69, 9.17) is 4.74 Å². The lowest BCUT2D eigenvalue weighted by atomic mass is 10.1. The van der Waals surface area contributed by atoms with Crippen LogP contribution in [0.2, 0.25) is 0 Å². The van der Waals surface area contributed by atoms with Crippen LogP contribution in [0.15, 0.2) is 53.4 Å². The summed E-state index contributed by atoms with van der Waals surface area (Å²) in [4.78, 5) is 19.3. The molecule has 0 saturated heterocycles. The van der Waals surface area contributed by atoms with Crippen molar-refractivity contribution in [3.63, 3.8) is 0 Å². The van der Waals surface area contributed by atoms with Crippen molar-refractivity contribution in [1.29, 1.82) is 0 Å². The molecular weight excluding hydrogens is 388 g/mol. The van der Waals surface area contributed by atoms with Gasteiger partial charge in [0.1, 0.15) is 5.75 Å². The molecular formula is C22H24N2O2S2. The monoisotopic (exact) mass is 412 g/mol. The maximum atomic E-state index is 12.4. The third-order valence-electron chi connectivity index (χ3n) is 4.08. The minimum absolute atomic E-state index is 0.0529. The maximum Gasteiger partial charge on any atom is 0.230 e.